The Kier molecular flexibility index (Phi) is 4.69. The Labute approximate surface area is 115 Å². The topological polar surface area (TPSA) is 20.2 Å². The first-order chi connectivity index (χ1) is 8.61. The zero-order valence-corrected chi connectivity index (χ0v) is 11.9. The number of hydrogen-bond acceptors (Lipinski definition) is 1. The number of halogens is 1. The Morgan fingerprint density at radius 3 is 2.61 bits per heavy atom. The molecule has 1 fully saturated rings. The summed E-state index contributed by atoms with van der Waals surface area (Å²) in [6.07, 6.45) is 7.49. The third-order valence-corrected chi connectivity index (χ3v) is 4.55. The molecule has 0 heterocycles. The molecule has 0 bridgehead atoms. The summed E-state index contributed by atoms with van der Waals surface area (Å²) in [6, 6.07) is 7.88. The highest BCUT2D eigenvalue weighted by Crippen LogP contribution is 2.34. The first kappa shape index (κ1) is 13.9. The molecule has 1 N–H and O–H groups in total. The van der Waals surface area contributed by atoms with Crippen molar-refractivity contribution in [3.05, 3.63) is 34.9 Å². The molecule has 1 aromatic carbocycles. The lowest BCUT2D eigenvalue weighted by atomic mass is 9.87. The fraction of sp³-hybridized carbons (Fsp3) is 0.625. The second kappa shape index (κ2) is 6.08. The summed E-state index contributed by atoms with van der Waals surface area (Å²) >= 11 is 5.89. The monoisotopic (exact) mass is 266 g/mol. The maximum atomic E-state index is 10.8. The molecule has 18 heavy (non-hydrogen) atoms. The van der Waals surface area contributed by atoms with Crippen LogP contribution in [0.25, 0.3) is 0 Å². The smallest absolute Gasteiger partial charge is 0.0688 e. The molecule has 0 amide bonds. The highest BCUT2D eigenvalue weighted by Gasteiger charge is 2.30. The Morgan fingerprint density at radius 1 is 1.22 bits per heavy atom. The summed E-state index contributed by atoms with van der Waals surface area (Å²) in [6.45, 7) is 2.26. The summed E-state index contributed by atoms with van der Waals surface area (Å²) in [5.41, 5.74) is 0.689. The number of aliphatic hydroxyl groups is 1. The van der Waals surface area contributed by atoms with Crippen molar-refractivity contribution in [1.82, 2.24) is 0 Å². The van der Waals surface area contributed by atoms with Gasteiger partial charge in [-0.05, 0) is 42.9 Å². The van der Waals surface area contributed by atoms with Crippen molar-refractivity contribution in [2.45, 2.75) is 57.5 Å². The van der Waals surface area contributed by atoms with Crippen molar-refractivity contribution in [3.8, 4) is 0 Å². The minimum atomic E-state index is -0.502. The third kappa shape index (κ3) is 3.73. The molecule has 1 saturated carbocycles. The Hall–Kier alpha value is -0.530. The van der Waals surface area contributed by atoms with E-state index in [9.17, 15) is 5.11 Å². The average Bonchev–Trinajstić information content (AvgIpc) is 2.54. The third-order valence-electron chi connectivity index (χ3n) is 4.30. The molecule has 0 spiro atoms. The van der Waals surface area contributed by atoms with E-state index in [0.717, 1.165) is 36.6 Å². The summed E-state index contributed by atoms with van der Waals surface area (Å²) in [4.78, 5) is 0. The van der Waals surface area contributed by atoms with Gasteiger partial charge >= 0.3 is 0 Å². The normalized spacial score (nSPS) is 28.9. The molecule has 0 aromatic heterocycles. The zero-order valence-electron chi connectivity index (χ0n) is 11.2. The van der Waals surface area contributed by atoms with Gasteiger partial charge in [-0.1, -0.05) is 49.9 Å². The van der Waals surface area contributed by atoms with E-state index >= 15 is 0 Å². The molecule has 1 aliphatic rings. The molecule has 2 unspecified atom stereocenters. The maximum Gasteiger partial charge on any atom is 0.0688 e. The quantitative estimate of drug-likeness (QED) is 0.793. The van der Waals surface area contributed by atoms with Crippen LogP contribution >= 0.6 is 11.6 Å². The largest absolute Gasteiger partial charge is 0.390 e. The van der Waals surface area contributed by atoms with Crippen LogP contribution in [0.4, 0.5) is 0 Å². The Bertz CT molecular complexity index is 373. The number of hydrogen-bond donors (Lipinski definition) is 1. The minimum Gasteiger partial charge on any atom is -0.390 e. The van der Waals surface area contributed by atoms with Crippen molar-refractivity contribution in [1.29, 1.82) is 0 Å². The van der Waals surface area contributed by atoms with Crippen molar-refractivity contribution < 1.29 is 5.11 Å². The molecule has 0 saturated heterocycles. The van der Waals surface area contributed by atoms with Crippen molar-refractivity contribution in [2.75, 3.05) is 0 Å². The van der Waals surface area contributed by atoms with Crippen LogP contribution in [0.1, 0.15) is 51.0 Å². The van der Waals surface area contributed by atoms with Crippen LogP contribution in [0, 0.1) is 5.92 Å². The van der Waals surface area contributed by atoms with Crippen LogP contribution in [0.3, 0.4) is 0 Å². The molecule has 0 radical (unpaired) electrons. The molecule has 0 aliphatic heterocycles. The molecule has 2 heteroatoms. The van der Waals surface area contributed by atoms with Gasteiger partial charge in [-0.2, -0.15) is 0 Å². The predicted molar refractivity (Wildman–Crippen MR) is 77.0 cm³/mol. The second-order valence-electron chi connectivity index (χ2n) is 5.73. The highest BCUT2D eigenvalue weighted by atomic mass is 35.5. The predicted octanol–water partition coefficient (Wildman–Crippen LogP) is 4.60. The van der Waals surface area contributed by atoms with Gasteiger partial charge in [0.05, 0.1) is 5.60 Å². The van der Waals surface area contributed by atoms with Crippen LogP contribution < -0.4 is 0 Å². The van der Waals surface area contributed by atoms with E-state index in [1.165, 1.54) is 24.8 Å². The van der Waals surface area contributed by atoms with Gasteiger partial charge in [0, 0.05) is 11.4 Å². The fourth-order valence-electron chi connectivity index (χ4n) is 3.03. The van der Waals surface area contributed by atoms with E-state index in [0.29, 0.717) is 0 Å². The van der Waals surface area contributed by atoms with Gasteiger partial charge in [0.25, 0.3) is 0 Å². The summed E-state index contributed by atoms with van der Waals surface area (Å²) < 4.78 is 0. The number of benzene rings is 1. The lowest BCUT2D eigenvalue weighted by molar-refractivity contribution is 0.0242. The summed E-state index contributed by atoms with van der Waals surface area (Å²) in [5, 5.41) is 11.5. The van der Waals surface area contributed by atoms with Gasteiger partial charge in [0.1, 0.15) is 0 Å². The van der Waals surface area contributed by atoms with E-state index in [4.69, 9.17) is 11.6 Å². The first-order valence-electron chi connectivity index (χ1n) is 7.08. The molecular weight excluding hydrogens is 244 g/mol. The fourth-order valence-corrected chi connectivity index (χ4v) is 3.16. The lowest BCUT2D eigenvalue weighted by Gasteiger charge is -2.27. The van der Waals surface area contributed by atoms with Crippen molar-refractivity contribution in [2.24, 2.45) is 5.92 Å². The van der Waals surface area contributed by atoms with Crippen LogP contribution in [0.15, 0.2) is 24.3 Å². The molecule has 2 atom stereocenters. The van der Waals surface area contributed by atoms with Crippen LogP contribution in [0.5, 0.6) is 0 Å². The van der Waals surface area contributed by atoms with Crippen molar-refractivity contribution in [3.63, 3.8) is 0 Å². The van der Waals surface area contributed by atoms with Gasteiger partial charge in [-0.3, -0.25) is 0 Å². The molecule has 1 aromatic rings. The second-order valence-corrected chi connectivity index (χ2v) is 6.17. The van der Waals surface area contributed by atoms with E-state index in [1.54, 1.807) is 0 Å². The standard InChI is InChI=1S/C16H23ClO/c1-2-13-4-3-10-16(18,11-9-13)12-14-5-7-15(17)8-6-14/h5-8,13,18H,2-4,9-12H2,1H3. The van der Waals surface area contributed by atoms with E-state index in [1.807, 2.05) is 24.3 Å². The van der Waals surface area contributed by atoms with Crippen LogP contribution in [0.2, 0.25) is 5.02 Å². The number of rotatable bonds is 3. The summed E-state index contributed by atoms with van der Waals surface area (Å²) in [5.74, 6) is 0.809. The van der Waals surface area contributed by atoms with E-state index in [2.05, 4.69) is 6.92 Å². The molecular formula is C16H23ClO. The lowest BCUT2D eigenvalue weighted by Crippen LogP contribution is -2.30. The average molecular weight is 267 g/mol. The summed E-state index contributed by atoms with van der Waals surface area (Å²) in [7, 11) is 0. The van der Waals surface area contributed by atoms with Gasteiger partial charge in [-0.15, -0.1) is 0 Å². The van der Waals surface area contributed by atoms with Gasteiger partial charge < -0.3 is 5.11 Å². The van der Waals surface area contributed by atoms with Gasteiger partial charge in [0.2, 0.25) is 0 Å². The molecule has 1 aliphatic carbocycles. The van der Waals surface area contributed by atoms with E-state index in [-0.39, 0.29) is 0 Å². The SMILES string of the molecule is CCC1CCCC(O)(Cc2ccc(Cl)cc2)CC1. The van der Waals surface area contributed by atoms with Crippen LogP contribution in [-0.4, -0.2) is 10.7 Å². The zero-order chi connectivity index (χ0) is 13.0. The molecule has 100 valence electrons. The van der Waals surface area contributed by atoms with Crippen LogP contribution in [-0.2, 0) is 6.42 Å². The van der Waals surface area contributed by atoms with E-state index < -0.39 is 5.60 Å². The minimum absolute atomic E-state index is 0.502. The Morgan fingerprint density at radius 2 is 1.94 bits per heavy atom. The highest BCUT2D eigenvalue weighted by molar-refractivity contribution is 6.30. The van der Waals surface area contributed by atoms with Gasteiger partial charge in [0.15, 0.2) is 0 Å². The Balaban J connectivity index is 2.00. The van der Waals surface area contributed by atoms with Crippen molar-refractivity contribution >= 4 is 11.6 Å². The first-order valence-corrected chi connectivity index (χ1v) is 7.46. The molecule has 1 nitrogen and oxygen atoms in total. The van der Waals surface area contributed by atoms with Gasteiger partial charge in [-0.25, -0.2) is 0 Å². The molecule has 2 rings (SSSR count). The maximum absolute atomic E-state index is 10.8.